The monoisotopic (exact) mass is 383 g/mol. The average molecular weight is 384 g/mol. The SMILES string of the molecule is CCCSc1ccc2[nH]c(/C(C)=N/NC(=S)Nc3ccccc3)nc2c1. The Labute approximate surface area is 162 Å². The molecule has 0 unspecified atom stereocenters. The first-order chi connectivity index (χ1) is 12.7. The number of rotatable bonds is 6. The van der Waals surface area contributed by atoms with Gasteiger partial charge in [0, 0.05) is 10.6 Å². The molecule has 0 atom stereocenters. The van der Waals surface area contributed by atoms with Gasteiger partial charge in [0.15, 0.2) is 10.9 Å². The van der Waals surface area contributed by atoms with Crippen LogP contribution in [0.5, 0.6) is 0 Å². The highest BCUT2D eigenvalue weighted by Crippen LogP contribution is 2.23. The molecule has 0 bridgehead atoms. The van der Waals surface area contributed by atoms with Crippen molar-refractivity contribution in [3.63, 3.8) is 0 Å². The molecule has 3 N–H and O–H groups in total. The molecule has 0 amide bonds. The predicted molar refractivity (Wildman–Crippen MR) is 115 cm³/mol. The van der Waals surface area contributed by atoms with Crippen molar-refractivity contribution < 1.29 is 0 Å². The molecule has 0 aliphatic rings. The minimum absolute atomic E-state index is 0.435. The quantitative estimate of drug-likeness (QED) is 0.247. The standard InChI is InChI=1S/C19H21N5S2/c1-3-11-26-15-9-10-16-17(12-15)22-18(21-16)13(2)23-24-19(25)20-14-7-5-4-6-8-14/h4-10,12H,3,11H2,1-2H3,(H,21,22)(H2,20,24,25)/b23-13+. The number of fused-ring (bicyclic) bond motifs is 1. The van der Waals surface area contributed by atoms with E-state index in [9.17, 15) is 0 Å². The number of H-pyrrole nitrogens is 1. The molecule has 3 rings (SSSR count). The van der Waals surface area contributed by atoms with Crippen LogP contribution in [0.3, 0.4) is 0 Å². The summed E-state index contributed by atoms with van der Waals surface area (Å²) in [7, 11) is 0. The molecule has 2 aromatic carbocycles. The van der Waals surface area contributed by atoms with Gasteiger partial charge in [0.2, 0.25) is 0 Å². The van der Waals surface area contributed by atoms with E-state index in [1.54, 1.807) is 0 Å². The maximum Gasteiger partial charge on any atom is 0.191 e. The zero-order valence-corrected chi connectivity index (χ0v) is 16.4. The van der Waals surface area contributed by atoms with Crippen LogP contribution in [0.15, 0.2) is 58.5 Å². The molecular formula is C19H21N5S2. The first-order valence-corrected chi connectivity index (χ1v) is 9.84. The number of thiocarbonyl (C=S) groups is 1. The number of hydrogen-bond acceptors (Lipinski definition) is 4. The van der Waals surface area contributed by atoms with Gasteiger partial charge in [-0.1, -0.05) is 25.1 Å². The van der Waals surface area contributed by atoms with E-state index in [0.29, 0.717) is 5.11 Å². The second kappa shape index (κ2) is 8.82. The van der Waals surface area contributed by atoms with Gasteiger partial charge < -0.3 is 10.3 Å². The Morgan fingerprint density at radius 1 is 1.23 bits per heavy atom. The van der Waals surface area contributed by atoms with E-state index in [0.717, 1.165) is 40.4 Å². The molecule has 0 aliphatic heterocycles. The minimum Gasteiger partial charge on any atom is -0.337 e. The van der Waals surface area contributed by atoms with Gasteiger partial charge in [-0.15, -0.1) is 11.8 Å². The number of benzene rings is 2. The second-order valence-electron chi connectivity index (χ2n) is 5.74. The van der Waals surface area contributed by atoms with Crippen LogP contribution in [-0.2, 0) is 0 Å². The molecule has 3 aromatic rings. The third kappa shape index (κ3) is 4.83. The highest BCUT2D eigenvalue weighted by Gasteiger charge is 2.07. The zero-order chi connectivity index (χ0) is 18.4. The summed E-state index contributed by atoms with van der Waals surface area (Å²) in [6.07, 6.45) is 1.16. The Bertz CT molecular complexity index is 918. The molecule has 0 radical (unpaired) electrons. The smallest absolute Gasteiger partial charge is 0.191 e. The molecule has 26 heavy (non-hydrogen) atoms. The zero-order valence-electron chi connectivity index (χ0n) is 14.7. The average Bonchev–Trinajstić information content (AvgIpc) is 3.08. The summed E-state index contributed by atoms with van der Waals surface area (Å²) < 4.78 is 0. The van der Waals surface area contributed by atoms with Gasteiger partial charge in [0.25, 0.3) is 0 Å². The lowest BCUT2D eigenvalue weighted by Crippen LogP contribution is -2.25. The van der Waals surface area contributed by atoms with Gasteiger partial charge in [0.1, 0.15) is 5.71 Å². The lowest BCUT2D eigenvalue weighted by Gasteiger charge is -2.06. The van der Waals surface area contributed by atoms with Gasteiger partial charge in [0.05, 0.1) is 11.0 Å². The fourth-order valence-electron chi connectivity index (χ4n) is 2.33. The van der Waals surface area contributed by atoms with Crippen LogP contribution >= 0.6 is 24.0 Å². The van der Waals surface area contributed by atoms with Crippen LogP contribution in [0.1, 0.15) is 26.1 Å². The van der Waals surface area contributed by atoms with E-state index in [4.69, 9.17) is 12.2 Å². The van der Waals surface area contributed by atoms with Gasteiger partial charge >= 0.3 is 0 Å². The van der Waals surface area contributed by atoms with Crippen LogP contribution in [-0.4, -0.2) is 26.5 Å². The maximum atomic E-state index is 5.26. The van der Waals surface area contributed by atoms with Gasteiger partial charge in [-0.3, -0.25) is 5.43 Å². The number of anilines is 1. The Hall–Kier alpha value is -2.38. The highest BCUT2D eigenvalue weighted by atomic mass is 32.2. The summed E-state index contributed by atoms with van der Waals surface area (Å²) >= 11 is 7.11. The Balaban J connectivity index is 1.67. The number of nitrogens with one attached hydrogen (secondary N) is 3. The van der Waals surface area contributed by atoms with Crippen LogP contribution in [0.25, 0.3) is 11.0 Å². The molecule has 0 saturated heterocycles. The number of nitrogens with zero attached hydrogens (tertiary/aromatic N) is 2. The summed E-state index contributed by atoms with van der Waals surface area (Å²) in [5.41, 5.74) is 6.46. The predicted octanol–water partition coefficient (Wildman–Crippen LogP) is 4.78. The molecule has 0 fully saturated rings. The molecule has 0 spiro atoms. The van der Waals surface area contributed by atoms with E-state index in [1.165, 1.54) is 4.90 Å². The van der Waals surface area contributed by atoms with Crippen molar-refractivity contribution in [3.05, 3.63) is 54.4 Å². The summed E-state index contributed by atoms with van der Waals surface area (Å²) in [4.78, 5) is 9.17. The van der Waals surface area contributed by atoms with Crippen LogP contribution < -0.4 is 10.7 Å². The van der Waals surface area contributed by atoms with E-state index in [-0.39, 0.29) is 0 Å². The first kappa shape index (κ1) is 18.4. The van der Waals surface area contributed by atoms with Crippen molar-refractivity contribution in [1.29, 1.82) is 0 Å². The Kier molecular flexibility index (Phi) is 6.25. The number of para-hydroxylation sites is 1. The van der Waals surface area contributed by atoms with Crippen LogP contribution in [0.4, 0.5) is 5.69 Å². The summed E-state index contributed by atoms with van der Waals surface area (Å²) in [6.45, 7) is 4.07. The topological polar surface area (TPSA) is 65.1 Å². The fraction of sp³-hybridized carbons (Fsp3) is 0.211. The molecule has 1 aromatic heterocycles. The van der Waals surface area contributed by atoms with Crippen LogP contribution in [0.2, 0.25) is 0 Å². The van der Waals surface area contributed by atoms with Crippen molar-refractivity contribution in [3.8, 4) is 0 Å². The van der Waals surface area contributed by atoms with Gasteiger partial charge in [-0.05, 0) is 61.6 Å². The number of imidazole rings is 1. The van der Waals surface area contributed by atoms with Crippen molar-refractivity contribution in [2.45, 2.75) is 25.2 Å². The summed E-state index contributed by atoms with van der Waals surface area (Å²) in [5.74, 6) is 1.84. The van der Waals surface area contributed by atoms with Gasteiger partial charge in [-0.2, -0.15) is 5.10 Å². The number of hydrogen-bond donors (Lipinski definition) is 3. The fourth-order valence-corrected chi connectivity index (χ4v) is 3.30. The number of aromatic nitrogens is 2. The molecular weight excluding hydrogens is 362 g/mol. The number of thioether (sulfide) groups is 1. The van der Waals surface area contributed by atoms with Crippen molar-refractivity contribution in [1.82, 2.24) is 15.4 Å². The van der Waals surface area contributed by atoms with E-state index in [2.05, 4.69) is 50.9 Å². The number of hydrazone groups is 1. The largest absolute Gasteiger partial charge is 0.337 e. The molecule has 0 aliphatic carbocycles. The summed E-state index contributed by atoms with van der Waals surface area (Å²) in [6, 6.07) is 16.0. The highest BCUT2D eigenvalue weighted by molar-refractivity contribution is 7.99. The lowest BCUT2D eigenvalue weighted by molar-refractivity contribution is 1.03. The third-order valence-electron chi connectivity index (χ3n) is 3.63. The Morgan fingerprint density at radius 3 is 2.81 bits per heavy atom. The third-order valence-corrected chi connectivity index (χ3v) is 5.02. The second-order valence-corrected chi connectivity index (χ2v) is 7.32. The Morgan fingerprint density at radius 2 is 2.04 bits per heavy atom. The maximum absolute atomic E-state index is 5.26. The lowest BCUT2D eigenvalue weighted by atomic mass is 10.3. The molecule has 134 valence electrons. The van der Waals surface area contributed by atoms with E-state index in [1.807, 2.05) is 49.0 Å². The normalized spacial score (nSPS) is 11.5. The van der Waals surface area contributed by atoms with Crippen LogP contribution in [0, 0.1) is 0 Å². The van der Waals surface area contributed by atoms with E-state index < -0.39 is 0 Å². The molecule has 0 saturated carbocycles. The molecule has 5 nitrogen and oxygen atoms in total. The summed E-state index contributed by atoms with van der Waals surface area (Å²) in [5, 5.41) is 7.84. The van der Waals surface area contributed by atoms with Crippen molar-refractivity contribution in [2.24, 2.45) is 5.10 Å². The first-order valence-electron chi connectivity index (χ1n) is 8.45. The minimum atomic E-state index is 0.435. The number of aromatic amines is 1. The van der Waals surface area contributed by atoms with Gasteiger partial charge in [-0.25, -0.2) is 4.98 Å². The van der Waals surface area contributed by atoms with Crippen molar-refractivity contribution >= 4 is 51.5 Å². The molecule has 1 heterocycles. The van der Waals surface area contributed by atoms with Crippen molar-refractivity contribution in [2.75, 3.05) is 11.1 Å². The molecule has 7 heteroatoms. The van der Waals surface area contributed by atoms with E-state index >= 15 is 0 Å².